The third kappa shape index (κ3) is 2.11. The van der Waals surface area contributed by atoms with Gasteiger partial charge in [-0.15, -0.1) is 0 Å². The summed E-state index contributed by atoms with van der Waals surface area (Å²) < 4.78 is 13.2. The van der Waals surface area contributed by atoms with E-state index in [1.54, 1.807) is 0 Å². The fourth-order valence-corrected chi connectivity index (χ4v) is 4.49. The minimum absolute atomic E-state index is 0.909. The molecule has 0 aliphatic heterocycles. The largest absolute Gasteiger partial charge is 0.314 e. The lowest BCUT2D eigenvalue weighted by molar-refractivity contribution is 0.590. The highest BCUT2D eigenvalue weighted by molar-refractivity contribution is 7.78. The molecule has 0 fully saturated rings. The van der Waals surface area contributed by atoms with E-state index < -0.39 is 7.14 Å². The van der Waals surface area contributed by atoms with Crippen LogP contribution in [0.4, 0.5) is 0 Å². The van der Waals surface area contributed by atoms with Gasteiger partial charge in [0.25, 0.3) is 0 Å². The van der Waals surface area contributed by atoms with Crippen molar-refractivity contribution in [3.05, 3.63) is 72.8 Å². The molecule has 0 amide bonds. The molecule has 0 aromatic heterocycles. The van der Waals surface area contributed by atoms with Crippen molar-refractivity contribution >= 4 is 28.5 Å². The van der Waals surface area contributed by atoms with E-state index in [1.807, 2.05) is 67.3 Å². The van der Waals surface area contributed by atoms with E-state index in [9.17, 15) is 4.57 Å². The minimum Gasteiger partial charge on any atom is -0.314 e. The first-order chi connectivity index (χ1) is 9.19. The molecule has 0 N–H and O–H groups in total. The maximum absolute atomic E-state index is 13.2. The molecule has 3 rings (SSSR count). The zero-order chi connectivity index (χ0) is 13.3. The summed E-state index contributed by atoms with van der Waals surface area (Å²) in [6.45, 7) is 1.85. The summed E-state index contributed by atoms with van der Waals surface area (Å²) in [5, 5.41) is 4.07. The molecule has 0 saturated heterocycles. The minimum atomic E-state index is -2.54. The van der Waals surface area contributed by atoms with Crippen molar-refractivity contribution in [3.63, 3.8) is 0 Å². The van der Waals surface area contributed by atoms with Gasteiger partial charge in [-0.25, -0.2) is 0 Å². The molecule has 0 radical (unpaired) electrons. The Kier molecular flexibility index (Phi) is 3.00. The van der Waals surface area contributed by atoms with Crippen LogP contribution in [0.2, 0.25) is 0 Å². The summed E-state index contributed by atoms with van der Waals surface area (Å²) in [6.07, 6.45) is 0. The van der Waals surface area contributed by atoms with Crippen molar-refractivity contribution in [3.8, 4) is 0 Å². The Morgan fingerprint density at radius 2 is 1.37 bits per heavy atom. The van der Waals surface area contributed by atoms with Gasteiger partial charge in [0.1, 0.15) is 7.14 Å². The Morgan fingerprint density at radius 3 is 2.16 bits per heavy atom. The SMILES string of the molecule is C[P@](=O)(c1ccccc1)c1cccc2ccccc12. The van der Waals surface area contributed by atoms with Crippen LogP contribution in [0.5, 0.6) is 0 Å². The first-order valence-electron chi connectivity index (χ1n) is 6.31. The van der Waals surface area contributed by atoms with E-state index in [0.29, 0.717) is 0 Å². The Balaban J connectivity index is 2.28. The van der Waals surface area contributed by atoms with Gasteiger partial charge in [0.15, 0.2) is 0 Å². The van der Waals surface area contributed by atoms with Crippen LogP contribution in [-0.2, 0) is 4.57 Å². The Labute approximate surface area is 113 Å². The molecule has 3 aromatic rings. The van der Waals surface area contributed by atoms with Crippen molar-refractivity contribution in [1.82, 2.24) is 0 Å². The van der Waals surface area contributed by atoms with Crippen LogP contribution in [0, 0.1) is 0 Å². The molecule has 0 saturated carbocycles. The maximum atomic E-state index is 13.2. The molecule has 0 spiro atoms. The smallest absolute Gasteiger partial charge is 0.140 e. The second kappa shape index (κ2) is 4.68. The first kappa shape index (κ1) is 12.2. The lowest BCUT2D eigenvalue weighted by Gasteiger charge is -2.16. The zero-order valence-corrected chi connectivity index (χ0v) is 11.7. The molecule has 94 valence electrons. The number of hydrogen-bond acceptors (Lipinski definition) is 1. The van der Waals surface area contributed by atoms with Gasteiger partial charge in [0.05, 0.1) is 0 Å². The molecule has 0 heterocycles. The van der Waals surface area contributed by atoms with Gasteiger partial charge in [0.2, 0.25) is 0 Å². The molecule has 19 heavy (non-hydrogen) atoms. The number of hydrogen-bond donors (Lipinski definition) is 0. The van der Waals surface area contributed by atoms with E-state index in [-0.39, 0.29) is 0 Å². The van der Waals surface area contributed by atoms with Crippen LogP contribution in [0.3, 0.4) is 0 Å². The van der Waals surface area contributed by atoms with Crippen LogP contribution < -0.4 is 10.6 Å². The topological polar surface area (TPSA) is 17.1 Å². The Bertz CT molecular complexity index is 757. The van der Waals surface area contributed by atoms with E-state index in [4.69, 9.17) is 0 Å². The van der Waals surface area contributed by atoms with Gasteiger partial charge >= 0.3 is 0 Å². The molecule has 1 atom stereocenters. The standard InChI is InChI=1S/C17H15OP/c1-19(18,15-10-3-2-4-11-15)17-13-7-9-14-8-5-6-12-16(14)17/h2-13H,1H3/t19-/m0/s1. The van der Waals surface area contributed by atoms with E-state index in [2.05, 4.69) is 12.1 Å². The molecule has 0 aliphatic carbocycles. The van der Waals surface area contributed by atoms with Gasteiger partial charge < -0.3 is 4.57 Å². The zero-order valence-electron chi connectivity index (χ0n) is 10.8. The summed E-state index contributed by atoms with van der Waals surface area (Å²) in [5.74, 6) is 0. The van der Waals surface area contributed by atoms with E-state index in [0.717, 1.165) is 21.4 Å². The van der Waals surface area contributed by atoms with Crippen LogP contribution in [0.25, 0.3) is 10.8 Å². The highest BCUT2D eigenvalue weighted by Crippen LogP contribution is 2.40. The molecular formula is C17H15OP. The monoisotopic (exact) mass is 266 g/mol. The molecule has 3 aromatic carbocycles. The molecule has 0 bridgehead atoms. The van der Waals surface area contributed by atoms with Crippen LogP contribution in [-0.4, -0.2) is 6.66 Å². The summed E-state index contributed by atoms with van der Waals surface area (Å²) in [4.78, 5) is 0. The predicted octanol–water partition coefficient (Wildman–Crippen LogP) is 3.78. The summed E-state index contributed by atoms with van der Waals surface area (Å²) in [6, 6.07) is 23.9. The first-order valence-corrected chi connectivity index (χ1v) is 8.46. The second-order valence-electron chi connectivity index (χ2n) is 4.76. The van der Waals surface area contributed by atoms with E-state index >= 15 is 0 Å². The molecule has 1 nitrogen and oxygen atoms in total. The highest BCUT2D eigenvalue weighted by Gasteiger charge is 2.22. The van der Waals surface area contributed by atoms with Crippen LogP contribution in [0.15, 0.2) is 72.8 Å². The van der Waals surface area contributed by atoms with Crippen molar-refractivity contribution < 1.29 is 4.57 Å². The Hall–Kier alpha value is -1.85. The quantitative estimate of drug-likeness (QED) is 0.645. The van der Waals surface area contributed by atoms with Crippen molar-refractivity contribution in [1.29, 1.82) is 0 Å². The molecular weight excluding hydrogens is 251 g/mol. The normalized spacial score (nSPS) is 14.2. The lowest BCUT2D eigenvalue weighted by Crippen LogP contribution is -2.15. The lowest BCUT2D eigenvalue weighted by atomic mass is 10.1. The third-order valence-electron chi connectivity index (χ3n) is 3.48. The van der Waals surface area contributed by atoms with Gasteiger partial charge in [-0.05, 0) is 17.4 Å². The highest BCUT2D eigenvalue weighted by atomic mass is 31.2. The third-order valence-corrected chi connectivity index (χ3v) is 6.07. The fraction of sp³-hybridized carbons (Fsp3) is 0.0588. The number of rotatable bonds is 2. The maximum Gasteiger partial charge on any atom is 0.140 e. The van der Waals surface area contributed by atoms with Crippen molar-refractivity contribution in [2.75, 3.05) is 6.66 Å². The van der Waals surface area contributed by atoms with Gasteiger partial charge in [-0.3, -0.25) is 0 Å². The predicted molar refractivity (Wildman–Crippen MR) is 83.2 cm³/mol. The summed E-state index contributed by atoms with van der Waals surface area (Å²) in [7, 11) is -2.54. The Morgan fingerprint density at radius 1 is 0.737 bits per heavy atom. The summed E-state index contributed by atoms with van der Waals surface area (Å²) >= 11 is 0. The molecule has 0 aliphatic rings. The van der Waals surface area contributed by atoms with Gasteiger partial charge in [-0.2, -0.15) is 0 Å². The average Bonchev–Trinajstić information content (AvgIpc) is 2.47. The van der Waals surface area contributed by atoms with Crippen molar-refractivity contribution in [2.45, 2.75) is 0 Å². The average molecular weight is 266 g/mol. The van der Waals surface area contributed by atoms with Gasteiger partial charge in [0, 0.05) is 10.6 Å². The summed E-state index contributed by atoms with van der Waals surface area (Å²) in [5.41, 5.74) is 0. The van der Waals surface area contributed by atoms with Crippen LogP contribution in [0.1, 0.15) is 0 Å². The molecule has 0 unspecified atom stereocenters. The fourth-order valence-electron chi connectivity index (χ4n) is 2.43. The number of fused-ring (bicyclic) bond motifs is 1. The second-order valence-corrected chi connectivity index (χ2v) is 7.60. The van der Waals surface area contributed by atoms with Crippen molar-refractivity contribution in [2.24, 2.45) is 0 Å². The van der Waals surface area contributed by atoms with E-state index in [1.165, 1.54) is 0 Å². The molecule has 2 heteroatoms. The van der Waals surface area contributed by atoms with Crippen LogP contribution >= 0.6 is 7.14 Å². The number of benzene rings is 3. The van der Waals surface area contributed by atoms with Gasteiger partial charge in [-0.1, -0.05) is 72.8 Å².